The third-order valence-electron chi connectivity index (χ3n) is 8.23. The van der Waals surface area contributed by atoms with Crippen molar-refractivity contribution in [3.8, 4) is 28.0 Å². The number of ether oxygens (including phenoxy) is 1. The quantitative estimate of drug-likeness (QED) is 0.163. The van der Waals surface area contributed by atoms with E-state index in [0.29, 0.717) is 0 Å². The van der Waals surface area contributed by atoms with Gasteiger partial charge in [0.05, 0.1) is 45.9 Å². The molecule has 7 heteroatoms. The first-order chi connectivity index (χ1) is 21.3. The number of fused-ring (bicyclic) bond motifs is 2. The van der Waals surface area contributed by atoms with Gasteiger partial charge < -0.3 is 52.5 Å². The number of benzene rings is 4. The monoisotopic (exact) mass is 743 g/mol. The van der Waals surface area contributed by atoms with Gasteiger partial charge in [-0.2, -0.15) is 4.57 Å². The number of rotatable bonds is 10. The minimum absolute atomic E-state index is 0. The van der Waals surface area contributed by atoms with Crippen LogP contribution in [0.1, 0.15) is 32.6 Å². The molecule has 0 saturated carbocycles. The summed E-state index contributed by atoms with van der Waals surface area (Å²) in [6.45, 7) is 7.13. The maximum Gasteiger partial charge on any atom is 0.374 e. The van der Waals surface area contributed by atoms with Crippen molar-refractivity contribution in [2.45, 2.75) is 33.2 Å². The van der Waals surface area contributed by atoms with Crippen molar-refractivity contribution < 1.29 is 52.2 Å². The Hall–Kier alpha value is -3.65. The molecule has 5 nitrogen and oxygen atoms in total. The first-order valence-corrected chi connectivity index (χ1v) is 15.7. The first kappa shape index (κ1) is 35.2. The predicted molar refractivity (Wildman–Crippen MR) is 181 cm³/mol. The van der Waals surface area contributed by atoms with Gasteiger partial charge in [-0.05, 0) is 59.4 Å². The molecule has 240 valence electrons. The van der Waals surface area contributed by atoms with E-state index in [-0.39, 0.29) is 34.0 Å². The van der Waals surface area contributed by atoms with Crippen molar-refractivity contribution in [2.75, 3.05) is 39.1 Å². The van der Waals surface area contributed by atoms with Crippen LogP contribution in [0.5, 0.6) is 5.75 Å². The Morgan fingerprint density at radius 2 is 1.41 bits per heavy atom. The lowest BCUT2D eigenvalue weighted by atomic mass is 10.0. The standard InChI is InChI=1S/C39H43N3O2.2BrH/c1-6-29(25-38-40(7-2)34-27-32(19-21-36(34)43-38)30-15-10-8-11-16-30)26-39-41(23-14-24-42(3,4)5)35-28-33(20-22-37(35)44-39)31-17-12-9-13-18-31;;/h8-13,15-22,25-28H,6-7,14,23-24H2,1-5H3;2*1H/q+2;;/p-2. The molecule has 0 spiro atoms. The van der Waals surface area contributed by atoms with Gasteiger partial charge in [0.25, 0.3) is 5.52 Å². The van der Waals surface area contributed by atoms with Gasteiger partial charge in [-0.3, -0.25) is 0 Å². The highest BCUT2D eigenvalue weighted by Crippen LogP contribution is 2.42. The Labute approximate surface area is 294 Å². The molecule has 0 saturated heterocycles. The molecule has 0 radical (unpaired) electrons. The molecule has 0 N–H and O–H groups in total. The van der Waals surface area contributed by atoms with Crippen molar-refractivity contribution in [1.82, 2.24) is 0 Å². The summed E-state index contributed by atoms with van der Waals surface area (Å²) in [6.07, 6.45) is 6.26. The van der Waals surface area contributed by atoms with Crippen LogP contribution >= 0.6 is 0 Å². The Balaban J connectivity index is 0.00000240. The van der Waals surface area contributed by atoms with E-state index < -0.39 is 0 Å². The average Bonchev–Trinajstić information content (AvgIpc) is 3.56. The Morgan fingerprint density at radius 3 is 2.02 bits per heavy atom. The summed E-state index contributed by atoms with van der Waals surface area (Å²) in [5, 5.41) is 0. The van der Waals surface area contributed by atoms with Crippen molar-refractivity contribution in [3.63, 3.8) is 0 Å². The molecule has 0 aliphatic carbocycles. The summed E-state index contributed by atoms with van der Waals surface area (Å²) in [6, 6.07) is 34.0. The maximum absolute atomic E-state index is 6.55. The molecule has 5 aromatic rings. The van der Waals surface area contributed by atoms with E-state index in [1.54, 1.807) is 0 Å². The Bertz CT molecular complexity index is 1820. The summed E-state index contributed by atoms with van der Waals surface area (Å²) >= 11 is 0. The molecule has 1 aromatic heterocycles. The Kier molecular flexibility index (Phi) is 11.7. The molecule has 0 unspecified atom stereocenters. The molecule has 1 aliphatic rings. The summed E-state index contributed by atoms with van der Waals surface area (Å²) < 4.78 is 16.3. The number of aromatic nitrogens is 1. The molecule has 0 bridgehead atoms. The average molecular weight is 746 g/mol. The number of quaternary nitrogens is 1. The fourth-order valence-corrected chi connectivity index (χ4v) is 5.86. The van der Waals surface area contributed by atoms with Crippen LogP contribution in [0.15, 0.2) is 119 Å². The molecule has 46 heavy (non-hydrogen) atoms. The van der Waals surface area contributed by atoms with Crippen LogP contribution in [0.4, 0.5) is 5.69 Å². The molecule has 6 rings (SSSR count). The number of halogens is 2. The van der Waals surface area contributed by atoms with E-state index in [4.69, 9.17) is 9.15 Å². The minimum atomic E-state index is 0. The zero-order valence-electron chi connectivity index (χ0n) is 27.3. The lowest BCUT2D eigenvalue weighted by Crippen LogP contribution is -3.00. The highest BCUT2D eigenvalue weighted by atomic mass is 79.9. The minimum Gasteiger partial charge on any atom is -1.00 e. The lowest BCUT2D eigenvalue weighted by Gasteiger charge is -2.22. The first-order valence-electron chi connectivity index (χ1n) is 15.7. The van der Waals surface area contributed by atoms with Crippen LogP contribution in [0.3, 0.4) is 0 Å². The van der Waals surface area contributed by atoms with Crippen LogP contribution in [0.25, 0.3) is 39.4 Å². The SMILES string of the molecule is CCC(=Cc1oc2ccc(-c3ccccc3)cc2[n+]1CCC[N+](C)(C)C)C=C1Oc2ccc(-c3ccccc3)cc2N1CC.[Br-].[Br-]. The number of allylic oxidation sites excluding steroid dienone is 2. The smallest absolute Gasteiger partial charge is 0.374 e. The van der Waals surface area contributed by atoms with E-state index in [0.717, 1.165) is 76.8 Å². The van der Waals surface area contributed by atoms with E-state index in [9.17, 15) is 0 Å². The second-order valence-electron chi connectivity index (χ2n) is 12.5. The number of hydrogen-bond donors (Lipinski definition) is 0. The van der Waals surface area contributed by atoms with Crippen LogP contribution in [-0.4, -0.2) is 38.7 Å². The van der Waals surface area contributed by atoms with Gasteiger partial charge in [-0.15, -0.1) is 0 Å². The highest BCUT2D eigenvalue weighted by molar-refractivity contribution is 5.79. The predicted octanol–water partition coefficient (Wildman–Crippen LogP) is 2.71. The van der Waals surface area contributed by atoms with Crippen LogP contribution in [0.2, 0.25) is 0 Å². The summed E-state index contributed by atoms with van der Waals surface area (Å²) in [4.78, 5) is 2.26. The summed E-state index contributed by atoms with van der Waals surface area (Å²) in [5.74, 6) is 2.60. The van der Waals surface area contributed by atoms with Crippen molar-refractivity contribution in [2.24, 2.45) is 0 Å². The topological polar surface area (TPSA) is 29.5 Å². The molecule has 1 aliphatic heterocycles. The van der Waals surface area contributed by atoms with Crippen molar-refractivity contribution in [1.29, 1.82) is 0 Å². The van der Waals surface area contributed by atoms with Crippen molar-refractivity contribution in [3.05, 3.63) is 120 Å². The molecule has 0 amide bonds. The van der Waals surface area contributed by atoms with Crippen LogP contribution < -0.4 is 48.2 Å². The van der Waals surface area contributed by atoms with Crippen molar-refractivity contribution >= 4 is 22.9 Å². The number of oxazole rings is 1. The lowest BCUT2D eigenvalue weighted by molar-refractivity contribution is -0.873. The van der Waals surface area contributed by atoms with Crippen LogP contribution in [-0.2, 0) is 6.54 Å². The van der Waals surface area contributed by atoms with E-state index in [1.165, 1.54) is 22.3 Å². The number of nitrogens with zero attached hydrogens (tertiary/aromatic N) is 3. The van der Waals surface area contributed by atoms with E-state index >= 15 is 0 Å². The Morgan fingerprint density at radius 1 is 0.783 bits per heavy atom. The number of hydrogen-bond acceptors (Lipinski definition) is 3. The van der Waals surface area contributed by atoms with Gasteiger partial charge in [0.1, 0.15) is 0 Å². The number of anilines is 1. The zero-order chi connectivity index (χ0) is 30.7. The zero-order valence-corrected chi connectivity index (χ0v) is 30.5. The molecule has 4 aromatic carbocycles. The molecule has 2 heterocycles. The molecular formula is C39H43Br2N3O2. The van der Waals surface area contributed by atoms with Gasteiger partial charge in [0.15, 0.2) is 12.3 Å². The van der Waals surface area contributed by atoms with Crippen LogP contribution in [0, 0.1) is 0 Å². The fourth-order valence-electron chi connectivity index (χ4n) is 5.86. The number of aryl methyl sites for hydroxylation is 1. The molecule has 0 fully saturated rings. The van der Waals surface area contributed by atoms with Gasteiger partial charge in [-0.25, -0.2) is 0 Å². The fraction of sp³-hybridized carbons (Fsp3) is 0.256. The summed E-state index contributed by atoms with van der Waals surface area (Å²) in [7, 11) is 6.74. The maximum atomic E-state index is 6.55. The van der Waals surface area contributed by atoms with Gasteiger partial charge >= 0.3 is 5.89 Å². The molecule has 0 atom stereocenters. The second-order valence-corrected chi connectivity index (χ2v) is 12.5. The molecular weight excluding hydrogens is 702 g/mol. The highest BCUT2D eigenvalue weighted by Gasteiger charge is 2.27. The summed E-state index contributed by atoms with van der Waals surface area (Å²) in [5.41, 5.74) is 9.06. The van der Waals surface area contributed by atoms with E-state index in [1.807, 2.05) is 0 Å². The van der Waals surface area contributed by atoms with Gasteiger partial charge in [-0.1, -0.05) is 79.7 Å². The largest absolute Gasteiger partial charge is 1.00 e. The third-order valence-corrected chi connectivity index (χ3v) is 8.23. The second kappa shape index (κ2) is 15.3. The van der Waals surface area contributed by atoms with Gasteiger partial charge in [0, 0.05) is 18.7 Å². The van der Waals surface area contributed by atoms with E-state index in [2.05, 4.69) is 154 Å². The normalized spacial score (nSPS) is 13.7. The van der Waals surface area contributed by atoms with Gasteiger partial charge in [0.2, 0.25) is 11.5 Å². The third kappa shape index (κ3) is 7.83.